The first-order chi connectivity index (χ1) is 8.68. The zero-order valence-electron chi connectivity index (χ0n) is 12.9. The molecule has 2 atom stereocenters. The highest BCUT2D eigenvalue weighted by Crippen LogP contribution is 2.12. The van der Waals surface area contributed by atoms with E-state index >= 15 is 0 Å². The minimum absolute atomic E-state index is 0.0827. The van der Waals surface area contributed by atoms with Crippen molar-refractivity contribution in [3.8, 4) is 0 Å². The summed E-state index contributed by atoms with van der Waals surface area (Å²) in [7, 11) is 0. The van der Waals surface area contributed by atoms with Crippen LogP contribution in [0, 0.1) is 5.92 Å². The SMILES string of the molecule is C=C(C)[C@@H](O)[C@@H](C)/C=C/OC(=O)N(C(C)C)C(C)C. The van der Waals surface area contributed by atoms with Crippen molar-refractivity contribution in [3.63, 3.8) is 0 Å². The lowest BCUT2D eigenvalue weighted by atomic mass is 10.00. The average molecular weight is 269 g/mol. The molecule has 0 rings (SSSR count). The predicted octanol–water partition coefficient (Wildman–Crippen LogP) is 3.33. The van der Waals surface area contributed by atoms with Gasteiger partial charge in [0.2, 0.25) is 0 Å². The predicted molar refractivity (Wildman–Crippen MR) is 77.7 cm³/mol. The number of rotatable bonds is 6. The lowest BCUT2D eigenvalue weighted by molar-refractivity contribution is 0.108. The summed E-state index contributed by atoms with van der Waals surface area (Å²) in [6.45, 7) is 15.1. The monoisotopic (exact) mass is 269 g/mol. The number of aliphatic hydroxyl groups excluding tert-OH is 1. The molecule has 0 aromatic rings. The van der Waals surface area contributed by atoms with Gasteiger partial charge in [0.25, 0.3) is 0 Å². The summed E-state index contributed by atoms with van der Waals surface area (Å²) < 4.78 is 5.09. The van der Waals surface area contributed by atoms with Crippen LogP contribution in [0.15, 0.2) is 24.5 Å². The lowest BCUT2D eigenvalue weighted by Crippen LogP contribution is -2.41. The molecule has 0 unspecified atom stereocenters. The minimum Gasteiger partial charge on any atom is -0.418 e. The molecule has 1 N–H and O–H groups in total. The van der Waals surface area contributed by atoms with Gasteiger partial charge in [-0.25, -0.2) is 4.79 Å². The van der Waals surface area contributed by atoms with Crippen LogP contribution in [-0.4, -0.2) is 34.3 Å². The maximum absolute atomic E-state index is 11.9. The number of nitrogens with zero attached hydrogens (tertiary/aromatic N) is 1. The van der Waals surface area contributed by atoms with Crippen LogP contribution < -0.4 is 0 Å². The van der Waals surface area contributed by atoms with E-state index in [1.807, 2.05) is 34.6 Å². The summed E-state index contributed by atoms with van der Waals surface area (Å²) in [6, 6.07) is 0.165. The molecule has 0 fully saturated rings. The second kappa shape index (κ2) is 8.00. The van der Waals surface area contributed by atoms with E-state index in [4.69, 9.17) is 4.74 Å². The van der Waals surface area contributed by atoms with Crippen LogP contribution in [0.3, 0.4) is 0 Å². The van der Waals surface area contributed by atoms with Crippen LogP contribution >= 0.6 is 0 Å². The van der Waals surface area contributed by atoms with E-state index in [0.29, 0.717) is 5.57 Å². The quantitative estimate of drug-likeness (QED) is 0.594. The summed E-state index contributed by atoms with van der Waals surface area (Å²) in [5.74, 6) is -0.142. The topological polar surface area (TPSA) is 49.8 Å². The Balaban J connectivity index is 4.47. The lowest BCUT2D eigenvalue weighted by Gasteiger charge is -2.29. The minimum atomic E-state index is -0.624. The van der Waals surface area contributed by atoms with Gasteiger partial charge in [0.05, 0.1) is 12.4 Å². The highest BCUT2D eigenvalue weighted by Gasteiger charge is 2.21. The number of ether oxygens (including phenoxy) is 1. The maximum atomic E-state index is 11.9. The van der Waals surface area contributed by atoms with Gasteiger partial charge >= 0.3 is 6.09 Å². The molecule has 0 aliphatic rings. The second-order valence-corrected chi connectivity index (χ2v) is 5.46. The normalized spacial score (nSPS) is 14.8. The van der Waals surface area contributed by atoms with Gasteiger partial charge in [0.1, 0.15) is 0 Å². The second-order valence-electron chi connectivity index (χ2n) is 5.46. The van der Waals surface area contributed by atoms with Crippen LogP contribution in [0.2, 0.25) is 0 Å². The standard InChI is InChI=1S/C15H27NO3/c1-10(2)14(17)13(7)8-9-19-15(18)16(11(3)4)12(5)6/h8-9,11-14,17H,1H2,2-7H3/b9-8+/t13-,14+/m0/s1. The third-order valence-corrected chi connectivity index (χ3v) is 2.88. The van der Waals surface area contributed by atoms with Gasteiger partial charge in [-0.1, -0.05) is 19.1 Å². The zero-order valence-corrected chi connectivity index (χ0v) is 12.9. The first-order valence-corrected chi connectivity index (χ1v) is 6.67. The number of carbonyl (C=O) groups is 1. The van der Waals surface area contributed by atoms with Crippen molar-refractivity contribution in [3.05, 3.63) is 24.5 Å². The first kappa shape index (κ1) is 17.7. The number of amides is 1. The highest BCUT2D eigenvalue weighted by molar-refractivity contribution is 5.68. The molecular weight excluding hydrogens is 242 g/mol. The van der Waals surface area contributed by atoms with Crippen molar-refractivity contribution in [1.29, 1.82) is 0 Å². The van der Waals surface area contributed by atoms with Crippen LogP contribution in [0.1, 0.15) is 41.5 Å². The molecule has 19 heavy (non-hydrogen) atoms. The molecule has 0 heterocycles. The molecule has 0 aliphatic carbocycles. The number of hydrogen-bond acceptors (Lipinski definition) is 3. The van der Waals surface area contributed by atoms with Crippen molar-refractivity contribution in [1.82, 2.24) is 4.90 Å². The van der Waals surface area contributed by atoms with E-state index in [9.17, 15) is 9.90 Å². The molecule has 4 heteroatoms. The van der Waals surface area contributed by atoms with Gasteiger partial charge in [-0.15, -0.1) is 0 Å². The van der Waals surface area contributed by atoms with E-state index in [-0.39, 0.29) is 24.1 Å². The van der Waals surface area contributed by atoms with Crippen LogP contribution in [0.5, 0.6) is 0 Å². The fourth-order valence-electron chi connectivity index (χ4n) is 1.85. The Morgan fingerprint density at radius 1 is 1.21 bits per heavy atom. The van der Waals surface area contributed by atoms with E-state index in [1.54, 1.807) is 17.9 Å². The van der Waals surface area contributed by atoms with Crippen molar-refractivity contribution in [2.45, 2.75) is 59.7 Å². The number of carbonyl (C=O) groups excluding carboxylic acids is 1. The Kier molecular flexibility index (Phi) is 7.45. The van der Waals surface area contributed by atoms with Gasteiger partial charge in [-0.2, -0.15) is 0 Å². The molecule has 0 aromatic carbocycles. The zero-order chi connectivity index (χ0) is 15.2. The van der Waals surface area contributed by atoms with Gasteiger partial charge < -0.3 is 14.7 Å². The Morgan fingerprint density at radius 3 is 2.05 bits per heavy atom. The van der Waals surface area contributed by atoms with Crippen LogP contribution in [0.4, 0.5) is 4.79 Å². The highest BCUT2D eigenvalue weighted by atomic mass is 16.5. The molecule has 0 saturated heterocycles. The van der Waals surface area contributed by atoms with Crippen LogP contribution in [0.25, 0.3) is 0 Å². The smallest absolute Gasteiger partial charge is 0.415 e. The maximum Gasteiger partial charge on any atom is 0.415 e. The summed E-state index contributed by atoms with van der Waals surface area (Å²) in [6.07, 6.45) is 2.01. The Labute approximate surface area is 116 Å². The number of aliphatic hydroxyl groups is 1. The number of hydrogen-bond donors (Lipinski definition) is 1. The van der Waals surface area contributed by atoms with Gasteiger partial charge in [-0.3, -0.25) is 0 Å². The summed E-state index contributed by atoms with van der Waals surface area (Å²) in [4.78, 5) is 13.5. The Morgan fingerprint density at radius 2 is 1.68 bits per heavy atom. The average Bonchev–Trinajstić information content (AvgIpc) is 2.26. The molecule has 0 aliphatic heterocycles. The fourth-order valence-corrected chi connectivity index (χ4v) is 1.85. The van der Waals surface area contributed by atoms with Crippen molar-refractivity contribution in [2.24, 2.45) is 5.92 Å². The molecular formula is C15H27NO3. The van der Waals surface area contributed by atoms with E-state index in [0.717, 1.165) is 0 Å². The van der Waals surface area contributed by atoms with E-state index < -0.39 is 6.10 Å². The third kappa shape index (κ3) is 5.92. The molecule has 0 saturated carbocycles. The molecule has 0 spiro atoms. The molecule has 0 bridgehead atoms. The van der Waals surface area contributed by atoms with Gasteiger partial charge in [-0.05, 0) is 40.7 Å². The van der Waals surface area contributed by atoms with Crippen molar-refractivity contribution >= 4 is 6.09 Å². The van der Waals surface area contributed by atoms with E-state index in [2.05, 4.69) is 6.58 Å². The van der Waals surface area contributed by atoms with Gasteiger partial charge in [0, 0.05) is 18.0 Å². The van der Waals surface area contributed by atoms with Crippen LogP contribution in [-0.2, 0) is 4.74 Å². The Bertz CT molecular complexity index is 326. The molecule has 0 aromatic heterocycles. The molecule has 0 radical (unpaired) electrons. The summed E-state index contributed by atoms with van der Waals surface area (Å²) in [5.41, 5.74) is 0.689. The van der Waals surface area contributed by atoms with Crippen molar-refractivity contribution < 1.29 is 14.6 Å². The van der Waals surface area contributed by atoms with Gasteiger partial charge in [0.15, 0.2) is 0 Å². The fraction of sp³-hybridized carbons (Fsp3) is 0.667. The summed E-state index contributed by atoms with van der Waals surface area (Å²) >= 11 is 0. The Hall–Kier alpha value is -1.29. The van der Waals surface area contributed by atoms with Crippen molar-refractivity contribution in [2.75, 3.05) is 0 Å². The largest absolute Gasteiger partial charge is 0.418 e. The third-order valence-electron chi connectivity index (χ3n) is 2.88. The van der Waals surface area contributed by atoms with E-state index in [1.165, 1.54) is 6.26 Å². The molecule has 110 valence electrons. The molecule has 4 nitrogen and oxygen atoms in total. The first-order valence-electron chi connectivity index (χ1n) is 6.67. The molecule has 1 amide bonds. The summed E-state index contributed by atoms with van der Waals surface area (Å²) in [5, 5.41) is 9.74.